The second-order valence-electron chi connectivity index (χ2n) is 2.99. The van der Waals surface area contributed by atoms with Crippen molar-refractivity contribution >= 4 is 6.09 Å². The minimum absolute atomic E-state index is 0.403. The van der Waals surface area contributed by atoms with Crippen LogP contribution in [0, 0.1) is 0 Å². The summed E-state index contributed by atoms with van der Waals surface area (Å²) in [7, 11) is 0. The standard InChI is InChI=1S/C6H12N2O3/c1-6(11)3-7-2-4(6)8-5(9)10/h4,7-8,11H,2-3H2,1H3,(H,9,10)/t4-,6-/m1/s1. The molecule has 4 N–H and O–H groups in total. The second kappa shape index (κ2) is 2.67. The maximum Gasteiger partial charge on any atom is 0.405 e. The van der Waals surface area contributed by atoms with E-state index in [-0.39, 0.29) is 0 Å². The Morgan fingerprint density at radius 3 is 2.82 bits per heavy atom. The average molecular weight is 160 g/mol. The molecule has 1 saturated heterocycles. The molecule has 0 aliphatic carbocycles. The lowest BCUT2D eigenvalue weighted by Crippen LogP contribution is -2.49. The highest BCUT2D eigenvalue weighted by Gasteiger charge is 2.37. The maximum absolute atomic E-state index is 10.2. The van der Waals surface area contributed by atoms with Crippen LogP contribution in [0.3, 0.4) is 0 Å². The van der Waals surface area contributed by atoms with Gasteiger partial charge in [0.25, 0.3) is 0 Å². The summed E-state index contributed by atoms with van der Waals surface area (Å²) in [6, 6.07) is -0.403. The summed E-state index contributed by atoms with van der Waals surface area (Å²) in [5.74, 6) is 0. The minimum atomic E-state index is -1.10. The number of carbonyl (C=O) groups is 1. The van der Waals surface area contributed by atoms with Gasteiger partial charge in [-0.05, 0) is 6.92 Å². The normalized spacial score (nSPS) is 37.1. The van der Waals surface area contributed by atoms with Crippen molar-refractivity contribution in [3.63, 3.8) is 0 Å². The van der Waals surface area contributed by atoms with Crippen LogP contribution in [0.1, 0.15) is 6.92 Å². The van der Waals surface area contributed by atoms with Gasteiger partial charge in [0.1, 0.15) is 0 Å². The Balaban J connectivity index is 2.51. The molecule has 0 spiro atoms. The van der Waals surface area contributed by atoms with Gasteiger partial charge in [-0.25, -0.2) is 4.79 Å². The summed E-state index contributed by atoms with van der Waals surface area (Å²) in [6.07, 6.45) is -1.10. The smallest absolute Gasteiger partial charge is 0.405 e. The number of nitrogens with one attached hydrogen (secondary N) is 2. The zero-order valence-corrected chi connectivity index (χ0v) is 6.29. The fraction of sp³-hybridized carbons (Fsp3) is 0.833. The van der Waals surface area contributed by atoms with Crippen molar-refractivity contribution in [1.82, 2.24) is 10.6 Å². The first-order chi connectivity index (χ1) is 5.02. The van der Waals surface area contributed by atoms with Crippen molar-refractivity contribution < 1.29 is 15.0 Å². The van der Waals surface area contributed by atoms with Gasteiger partial charge in [-0.1, -0.05) is 0 Å². The molecule has 0 radical (unpaired) electrons. The number of β-amino-alcohol motifs (C(OH)–C–C–N with tert-alkyl or cyclic N) is 1. The van der Waals surface area contributed by atoms with Gasteiger partial charge in [0.15, 0.2) is 0 Å². The van der Waals surface area contributed by atoms with Gasteiger partial charge >= 0.3 is 6.09 Å². The maximum atomic E-state index is 10.2. The summed E-state index contributed by atoms with van der Waals surface area (Å²) in [6.45, 7) is 2.52. The summed E-state index contributed by atoms with van der Waals surface area (Å²) >= 11 is 0. The van der Waals surface area contributed by atoms with Crippen molar-refractivity contribution in [2.75, 3.05) is 13.1 Å². The Morgan fingerprint density at radius 1 is 1.82 bits per heavy atom. The minimum Gasteiger partial charge on any atom is -0.465 e. The van der Waals surface area contributed by atoms with Crippen molar-refractivity contribution in [2.45, 2.75) is 18.6 Å². The van der Waals surface area contributed by atoms with E-state index in [0.29, 0.717) is 13.1 Å². The molecule has 0 saturated carbocycles. The fourth-order valence-electron chi connectivity index (χ4n) is 1.17. The Kier molecular flexibility index (Phi) is 2.01. The first-order valence-corrected chi connectivity index (χ1v) is 3.45. The molecule has 1 rings (SSSR count). The lowest BCUT2D eigenvalue weighted by Gasteiger charge is -2.23. The summed E-state index contributed by atoms with van der Waals surface area (Å²) in [5, 5.41) is 23.0. The summed E-state index contributed by atoms with van der Waals surface area (Å²) < 4.78 is 0. The number of hydrogen-bond acceptors (Lipinski definition) is 3. The van der Waals surface area contributed by atoms with Crippen LogP contribution in [0.25, 0.3) is 0 Å². The topological polar surface area (TPSA) is 81.6 Å². The zero-order chi connectivity index (χ0) is 8.48. The van der Waals surface area contributed by atoms with Gasteiger partial charge in [-0.2, -0.15) is 0 Å². The van der Waals surface area contributed by atoms with Crippen LogP contribution < -0.4 is 10.6 Å². The van der Waals surface area contributed by atoms with Gasteiger partial charge in [0.2, 0.25) is 0 Å². The fourth-order valence-corrected chi connectivity index (χ4v) is 1.17. The Labute approximate surface area is 64.4 Å². The van der Waals surface area contributed by atoms with Crippen molar-refractivity contribution in [1.29, 1.82) is 0 Å². The van der Waals surface area contributed by atoms with Crippen LogP contribution in [0.15, 0.2) is 0 Å². The molecule has 0 aromatic heterocycles. The first-order valence-electron chi connectivity index (χ1n) is 3.45. The highest BCUT2D eigenvalue weighted by molar-refractivity contribution is 5.65. The molecule has 5 nitrogen and oxygen atoms in total. The van der Waals surface area contributed by atoms with E-state index in [9.17, 15) is 9.90 Å². The predicted octanol–water partition coefficient (Wildman–Crippen LogP) is -1.02. The van der Waals surface area contributed by atoms with E-state index >= 15 is 0 Å². The van der Waals surface area contributed by atoms with E-state index in [1.165, 1.54) is 0 Å². The Morgan fingerprint density at radius 2 is 2.45 bits per heavy atom. The molecule has 64 valence electrons. The third-order valence-corrected chi connectivity index (χ3v) is 1.88. The van der Waals surface area contributed by atoms with Crippen LogP contribution in [0.5, 0.6) is 0 Å². The molecule has 5 heteroatoms. The molecule has 1 heterocycles. The van der Waals surface area contributed by atoms with E-state index in [1.807, 2.05) is 0 Å². The summed E-state index contributed by atoms with van der Waals surface area (Å²) in [4.78, 5) is 10.2. The molecule has 0 aromatic carbocycles. The number of carboxylic acid groups (broad SMARTS) is 1. The number of aliphatic hydroxyl groups is 1. The highest BCUT2D eigenvalue weighted by Crippen LogP contribution is 2.13. The SMILES string of the molecule is C[C@@]1(O)CNC[C@H]1NC(=O)O. The number of amides is 1. The third-order valence-electron chi connectivity index (χ3n) is 1.88. The van der Waals surface area contributed by atoms with Crippen LogP contribution in [0.2, 0.25) is 0 Å². The van der Waals surface area contributed by atoms with Crippen LogP contribution in [-0.4, -0.2) is 41.0 Å². The first kappa shape index (κ1) is 8.29. The van der Waals surface area contributed by atoms with Crippen LogP contribution in [-0.2, 0) is 0 Å². The predicted molar refractivity (Wildman–Crippen MR) is 38.4 cm³/mol. The third kappa shape index (κ3) is 1.81. The molecule has 11 heavy (non-hydrogen) atoms. The second-order valence-corrected chi connectivity index (χ2v) is 2.99. The van der Waals surface area contributed by atoms with Crippen LogP contribution >= 0.6 is 0 Å². The molecule has 1 aliphatic heterocycles. The largest absolute Gasteiger partial charge is 0.465 e. The zero-order valence-electron chi connectivity index (χ0n) is 6.29. The highest BCUT2D eigenvalue weighted by atomic mass is 16.4. The van der Waals surface area contributed by atoms with E-state index in [2.05, 4.69) is 10.6 Å². The quantitative estimate of drug-likeness (QED) is 0.395. The average Bonchev–Trinajstić information content (AvgIpc) is 2.10. The lowest BCUT2D eigenvalue weighted by molar-refractivity contribution is 0.0531. The molecule has 1 amide bonds. The van der Waals surface area contributed by atoms with Gasteiger partial charge in [0.05, 0.1) is 11.6 Å². The van der Waals surface area contributed by atoms with Gasteiger partial charge < -0.3 is 20.8 Å². The van der Waals surface area contributed by atoms with E-state index in [0.717, 1.165) is 0 Å². The molecule has 0 bridgehead atoms. The van der Waals surface area contributed by atoms with Crippen LogP contribution in [0.4, 0.5) is 4.79 Å². The van der Waals surface area contributed by atoms with E-state index < -0.39 is 17.7 Å². The molecular formula is C6H12N2O3. The molecule has 1 aliphatic rings. The molecular weight excluding hydrogens is 148 g/mol. The molecule has 0 unspecified atom stereocenters. The van der Waals surface area contributed by atoms with Crippen molar-refractivity contribution in [3.05, 3.63) is 0 Å². The molecule has 1 fully saturated rings. The number of hydrogen-bond donors (Lipinski definition) is 4. The van der Waals surface area contributed by atoms with E-state index in [1.54, 1.807) is 6.92 Å². The number of rotatable bonds is 1. The van der Waals surface area contributed by atoms with Gasteiger partial charge in [-0.3, -0.25) is 0 Å². The molecule has 2 atom stereocenters. The Hall–Kier alpha value is -0.810. The van der Waals surface area contributed by atoms with Crippen molar-refractivity contribution in [3.8, 4) is 0 Å². The Bertz CT molecular complexity index is 169. The van der Waals surface area contributed by atoms with Gasteiger partial charge in [-0.15, -0.1) is 0 Å². The lowest BCUT2D eigenvalue weighted by atomic mass is 10.0. The van der Waals surface area contributed by atoms with Gasteiger partial charge in [0, 0.05) is 13.1 Å². The van der Waals surface area contributed by atoms with Crippen molar-refractivity contribution in [2.24, 2.45) is 0 Å². The summed E-state index contributed by atoms with van der Waals surface area (Å²) in [5.41, 5.74) is -0.960. The van der Waals surface area contributed by atoms with E-state index in [4.69, 9.17) is 5.11 Å². The monoisotopic (exact) mass is 160 g/mol. The molecule has 0 aromatic rings.